The van der Waals surface area contributed by atoms with Gasteiger partial charge in [-0.15, -0.1) is 11.8 Å². The molecule has 1 fully saturated rings. The molecular weight excluding hydrogens is 450 g/mol. The number of esters is 1. The normalized spacial score (nSPS) is 15.5. The molecule has 10 heteroatoms. The van der Waals surface area contributed by atoms with Crippen LogP contribution in [0.25, 0.3) is 0 Å². The molecule has 0 atom stereocenters. The Labute approximate surface area is 193 Å². The van der Waals surface area contributed by atoms with Crippen molar-refractivity contribution >= 4 is 39.3 Å². The number of benzene rings is 1. The number of ether oxygens (including phenoxy) is 1. The van der Waals surface area contributed by atoms with Gasteiger partial charge in [0.2, 0.25) is 15.9 Å². The number of hydrogen-bond acceptors (Lipinski definition) is 6. The number of piperidine rings is 1. The van der Waals surface area contributed by atoms with Crippen LogP contribution in [0.1, 0.15) is 41.5 Å². The Kier molecular flexibility index (Phi) is 7.68. The SMILES string of the molecule is CCOC(=O)c1c(C)[nH]c(C)c1S(=O)(=O)N1CCC(C(=O)Nc2cccc(SC)c2)CC1. The van der Waals surface area contributed by atoms with Crippen LogP contribution in [0, 0.1) is 19.8 Å². The summed E-state index contributed by atoms with van der Waals surface area (Å²) in [6, 6.07) is 7.61. The van der Waals surface area contributed by atoms with E-state index < -0.39 is 16.0 Å². The average Bonchev–Trinajstić information content (AvgIpc) is 3.08. The molecule has 0 aliphatic carbocycles. The first kappa shape index (κ1) is 24.3. The molecule has 0 unspecified atom stereocenters. The van der Waals surface area contributed by atoms with Crippen molar-refractivity contribution in [3.8, 4) is 0 Å². The number of sulfonamides is 1. The van der Waals surface area contributed by atoms with Crippen molar-refractivity contribution in [3.05, 3.63) is 41.2 Å². The van der Waals surface area contributed by atoms with Crippen LogP contribution in [0.15, 0.2) is 34.1 Å². The summed E-state index contributed by atoms with van der Waals surface area (Å²) >= 11 is 1.60. The molecule has 0 bridgehead atoms. The molecule has 2 aromatic rings. The summed E-state index contributed by atoms with van der Waals surface area (Å²) in [5, 5.41) is 2.94. The molecule has 1 amide bonds. The van der Waals surface area contributed by atoms with Crippen LogP contribution in [-0.4, -0.2) is 55.5 Å². The second-order valence-electron chi connectivity index (χ2n) is 7.70. The van der Waals surface area contributed by atoms with Crippen LogP contribution in [0.5, 0.6) is 0 Å². The van der Waals surface area contributed by atoms with Crippen molar-refractivity contribution in [1.29, 1.82) is 0 Å². The van der Waals surface area contributed by atoms with E-state index in [1.54, 1.807) is 32.5 Å². The Bertz CT molecular complexity index is 1100. The van der Waals surface area contributed by atoms with Gasteiger partial charge in [0.05, 0.1) is 6.61 Å². The highest BCUT2D eigenvalue weighted by atomic mass is 32.2. The third-order valence-electron chi connectivity index (χ3n) is 5.56. The Balaban J connectivity index is 1.72. The summed E-state index contributed by atoms with van der Waals surface area (Å²) in [6.45, 7) is 5.53. The van der Waals surface area contributed by atoms with Gasteiger partial charge in [-0.2, -0.15) is 4.31 Å². The Hall–Kier alpha value is -2.30. The maximum Gasteiger partial charge on any atom is 0.341 e. The van der Waals surface area contributed by atoms with Gasteiger partial charge >= 0.3 is 5.97 Å². The van der Waals surface area contributed by atoms with Crippen LogP contribution < -0.4 is 5.32 Å². The molecule has 0 radical (unpaired) electrons. The topological polar surface area (TPSA) is 109 Å². The van der Waals surface area contributed by atoms with E-state index in [4.69, 9.17) is 4.74 Å². The van der Waals surface area contributed by atoms with Crippen LogP contribution in [-0.2, 0) is 19.6 Å². The van der Waals surface area contributed by atoms with E-state index in [-0.39, 0.29) is 42.0 Å². The van der Waals surface area contributed by atoms with Gasteiger partial charge in [0.1, 0.15) is 10.5 Å². The van der Waals surface area contributed by atoms with Crippen LogP contribution >= 0.6 is 11.8 Å². The van der Waals surface area contributed by atoms with Gasteiger partial charge in [0.15, 0.2) is 0 Å². The Morgan fingerprint density at radius 2 is 1.91 bits per heavy atom. The summed E-state index contributed by atoms with van der Waals surface area (Å²) in [5.74, 6) is -1.05. The molecular formula is C22H29N3O5S2. The molecule has 2 N–H and O–H groups in total. The molecule has 1 saturated heterocycles. The first-order valence-corrected chi connectivity index (χ1v) is 13.2. The zero-order valence-electron chi connectivity index (χ0n) is 18.7. The Morgan fingerprint density at radius 3 is 2.53 bits per heavy atom. The number of aromatic amines is 1. The fourth-order valence-electron chi connectivity index (χ4n) is 3.96. The molecule has 174 valence electrons. The minimum atomic E-state index is -3.92. The van der Waals surface area contributed by atoms with Gasteiger partial charge in [-0.25, -0.2) is 13.2 Å². The van der Waals surface area contributed by atoms with E-state index in [0.29, 0.717) is 24.2 Å². The third kappa shape index (κ3) is 5.02. The number of thioether (sulfide) groups is 1. The molecule has 0 spiro atoms. The van der Waals surface area contributed by atoms with Gasteiger partial charge in [-0.1, -0.05) is 6.07 Å². The summed E-state index contributed by atoms with van der Waals surface area (Å²) in [6.07, 6.45) is 2.78. The predicted octanol–water partition coefficient (Wildman–Crippen LogP) is 3.57. The molecule has 2 heterocycles. The van der Waals surface area contributed by atoms with Crippen LogP contribution in [0.2, 0.25) is 0 Å². The number of anilines is 1. The molecule has 1 aliphatic rings. The lowest BCUT2D eigenvalue weighted by atomic mass is 9.97. The van der Waals surface area contributed by atoms with E-state index in [0.717, 1.165) is 10.6 Å². The number of H-pyrrole nitrogens is 1. The molecule has 0 saturated carbocycles. The largest absolute Gasteiger partial charge is 0.462 e. The highest BCUT2D eigenvalue weighted by molar-refractivity contribution is 7.98. The predicted molar refractivity (Wildman–Crippen MR) is 125 cm³/mol. The third-order valence-corrected chi connectivity index (χ3v) is 8.35. The van der Waals surface area contributed by atoms with Crippen molar-refractivity contribution in [3.63, 3.8) is 0 Å². The lowest BCUT2D eigenvalue weighted by Crippen LogP contribution is -2.41. The van der Waals surface area contributed by atoms with Crippen molar-refractivity contribution in [2.75, 3.05) is 31.3 Å². The number of nitrogens with one attached hydrogen (secondary N) is 2. The number of rotatable bonds is 7. The second-order valence-corrected chi connectivity index (χ2v) is 10.5. The summed E-state index contributed by atoms with van der Waals surface area (Å²) in [4.78, 5) is 29.1. The lowest BCUT2D eigenvalue weighted by Gasteiger charge is -2.30. The van der Waals surface area contributed by atoms with E-state index in [1.807, 2.05) is 30.5 Å². The summed E-state index contributed by atoms with van der Waals surface area (Å²) < 4.78 is 33.2. The number of aryl methyl sites for hydroxylation is 2. The zero-order chi connectivity index (χ0) is 23.5. The number of amides is 1. The van der Waals surface area contributed by atoms with E-state index >= 15 is 0 Å². The van der Waals surface area contributed by atoms with Crippen LogP contribution in [0.4, 0.5) is 5.69 Å². The quantitative estimate of drug-likeness (QED) is 0.464. The van der Waals surface area contributed by atoms with Crippen molar-refractivity contribution in [2.45, 2.75) is 43.4 Å². The Morgan fingerprint density at radius 1 is 1.22 bits per heavy atom. The number of aromatic nitrogens is 1. The van der Waals surface area contributed by atoms with Crippen molar-refractivity contribution in [1.82, 2.24) is 9.29 Å². The molecule has 32 heavy (non-hydrogen) atoms. The second kappa shape index (κ2) is 10.1. The van der Waals surface area contributed by atoms with E-state index in [2.05, 4.69) is 10.3 Å². The zero-order valence-corrected chi connectivity index (χ0v) is 20.4. The highest BCUT2D eigenvalue weighted by Crippen LogP contribution is 2.31. The smallest absolute Gasteiger partial charge is 0.341 e. The number of nitrogens with zero attached hydrogens (tertiary/aromatic N) is 1. The molecule has 3 rings (SSSR count). The summed E-state index contributed by atoms with van der Waals surface area (Å²) in [7, 11) is -3.92. The summed E-state index contributed by atoms with van der Waals surface area (Å²) in [5.41, 5.74) is 1.65. The number of hydrogen-bond donors (Lipinski definition) is 2. The standard InChI is InChI=1S/C22H29N3O5S2/c1-5-30-22(27)19-14(2)23-15(3)20(19)32(28,29)25-11-9-16(10-12-25)21(26)24-17-7-6-8-18(13-17)31-4/h6-8,13,16,23H,5,9-12H2,1-4H3,(H,24,26). The fraction of sp³-hybridized carbons (Fsp3) is 0.455. The maximum absolute atomic E-state index is 13.4. The molecule has 1 aromatic carbocycles. The number of carbonyl (C=O) groups excluding carboxylic acids is 2. The maximum atomic E-state index is 13.4. The number of carbonyl (C=O) groups is 2. The first-order chi connectivity index (χ1) is 15.2. The average molecular weight is 480 g/mol. The fourth-order valence-corrected chi connectivity index (χ4v) is 6.30. The lowest BCUT2D eigenvalue weighted by molar-refractivity contribution is -0.120. The van der Waals surface area contributed by atoms with E-state index in [9.17, 15) is 18.0 Å². The minimum absolute atomic E-state index is 0.0368. The monoisotopic (exact) mass is 479 g/mol. The van der Waals surface area contributed by atoms with E-state index in [1.165, 1.54) is 4.31 Å². The first-order valence-electron chi connectivity index (χ1n) is 10.5. The molecule has 1 aliphatic heterocycles. The van der Waals surface area contributed by atoms with Gasteiger partial charge < -0.3 is 15.0 Å². The molecule has 1 aromatic heterocycles. The minimum Gasteiger partial charge on any atom is -0.462 e. The van der Waals surface area contributed by atoms with Gasteiger partial charge in [-0.05, 0) is 58.1 Å². The van der Waals surface area contributed by atoms with Crippen molar-refractivity contribution in [2.24, 2.45) is 5.92 Å². The van der Waals surface area contributed by atoms with Gasteiger partial charge in [0, 0.05) is 41.0 Å². The van der Waals surface area contributed by atoms with Gasteiger partial charge in [0.25, 0.3) is 0 Å². The highest BCUT2D eigenvalue weighted by Gasteiger charge is 2.37. The molecule has 8 nitrogen and oxygen atoms in total. The van der Waals surface area contributed by atoms with Crippen molar-refractivity contribution < 1.29 is 22.7 Å². The van der Waals surface area contributed by atoms with Gasteiger partial charge in [-0.3, -0.25) is 4.79 Å². The van der Waals surface area contributed by atoms with Crippen LogP contribution in [0.3, 0.4) is 0 Å².